The lowest BCUT2D eigenvalue weighted by Gasteiger charge is -2.35. The molecule has 5 nitrogen and oxygen atoms in total. The molecule has 1 aliphatic heterocycles. The molecule has 1 unspecified atom stereocenters. The second-order valence-corrected chi connectivity index (χ2v) is 7.41. The fraction of sp³-hybridized carbons (Fsp3) is 0.615. The van der Waals surface area contributed by atoms with E-state index in [2.05, 4.69) is 16.0 Å². The molecule has 0 bridgehead atoms. The summed E-state index contributed by atoms with van der Waals surface area (Å²) in [6.45, 7) is 5.08. The summed E-state index contributed by atoms with van der Waals surface area (Å²) in [5.74, 6) is 1.31. The Bertz CT molecular complexity index is 557. The van der Waals surface area contributed by atoms with Crippen molar-refractivity contribution in [2.24, 2.45) is 5.73 Å². The summed E-state index contributed by atoms with van der Waals surface area (Å²) in [7, 11) is -2.89. The van der Waals surface area contributed by atoms with Crippen LogP contribution < -0.4 is 10.6 Å². The Hall–Kier alpha value is -1.14. The van der Waals surface area contributed by atoms with Crippen LogP contribution in [0.15, 0.2) is 12.3 Å². The molecule has 1 aliphatic rings. The van der Waals surface area contributed by atoms with Crippen LogP contribution in [0, 0.1) is 6.92 Å². The van der Waals surface area contributed by atoms with Gasteiger partial charge in [0.1, 0.15) is 5.82 Å². The van der Waals surface area contributed by atoms with Crippen molar-refractivity contribution in [3.8, 4) is 0 Å². The minimum Gasteiger partial charge on any atom is -0.352 e. The third-order valence-corrected chi connectivity index (χ3v) is 5.28. The fourth-order valence-corrected chi connectivity index (χ4v) is 4.10. The minimum atomic E-state index is -2.89. The van der Waals surface area contributed by atoms with Crippen LogP contribution in [0.3, 0.4) is 0 Å². The van der Waals surface area contributed by atoms with Crippen molar-refractivity contribution >= 4 is 15.7 Å². The number of anilines is 1. The van der Waals surface area contributed by atoms with Crippen LogP contribution in [0.5, 0.6) is 0 Å². The van der Waals surface area contributed by atoms with Gasteiger partial charge in [-0.1, -0.05) is 6.07 Å². The van der Waals surface area contributed by atoms with Gasteiger partial charge in [-0.05, 0) is 37.9 Å². The van der Waals surface area contributed by atoms with Crippen molar-refractivity contribution in [2.75, 3.05) is 29.5 Å². The largest absolute Gasteiger partial charge is 0.352 e. The molecule has 0 spiro atoms. The molecule has 1 saturated heterocycles. The Morgan fingerprint density at radius 1 is 1.53 bits per heavy atom. The van der Waals surface area contributed by atoms with Crippen molar-refractivity contribution in [3.05, 3.63) is 23.4 Å². The zero-order chi connectivity index (χ0) is 14.0. The van der Waals surface area contributed by atoms with E-state index >= 15 is 0 Å². The minimum absolute atomic E-state index is 0.0229. The third kappa shape index (κ3) is 3.25. The van der Waals surface area contributed by atoms with Gasteiger partial charge in [-0.25, -0.2) is 13.4 Å². The van der Waals surface area contributed by atoms with Crippen molar-refractivity contribution in [1.29, 1.82) is 0 Å². The maximum absolute atomic E-state index is 11.6. The van der Waals surface area contributed by atoms with Gasteiger partial charge in [-0.2, -0.15) is 0 Å². The zero-order valence-electron chi connectivity index (χ0n) is 11.5. The van der Waals surface area contributed by atoms with E-state index in [-0.39, 0.29) is 17.5 Å². The van der Waals surface area contributed by atoms with Gasteiger partial charge in [-0.3, -0.25) is 0 Å². The Morgan fingerprint density at radius 3 is 2.84 bits per heavy atom. The van der Waals surface area contributed by atoms with Gasteiger partial charge < -0.3 is 10.6 Å². The highest BCUT2D eigenvalue weighted by Gasteiger charge is 2.29. The first-order chi connectivity index (χ1) is 8.93. The maximum Gasteiger partial charge on any atom is 0.154 e. The van der Waals surface area contributed by atoms with Gasteiger partial charge in [0.15, 0.2) is 9.84 Å². The van der Waals surface area contributed by atoms with Crippen molar-refractivity contribution in [3.63, 3.8) is 0 Å². The SMILES string of the molecule is Cc1cc(CCN)cnc1N1CCS(=O)(=O)CC1C. The molecule has 19 heavy (non-hydrogen) atoms. The molecule has 0 radical (unpaired) electrons. The quantitative estimate of drug-likeness (QED) is 0.875. The summed E-state index contributed by atoms with van der Waals surface area (Å²) in [6, 6.07) is 2.07. The van der Waals surface area contributed by atoms with Gasteiger partial charge in [0.25, 0.3) is 0 Å². The highest BCUT2D eigenvalue weighted by Crippen LogP contribution is 2.23. The Balaban J connectivity index is 2.23. The molecule has 0 saturated carbocycles. The van der Waals surface area contributed by atoms with Crippen LogP contribution in [-0.2, 0) is 16.3 Å². The Labute approximate surface area is 114 Å². The van der Waals surface area contributed by atoms with Crippen LogP contribution in [0.4, 0.5) is 5.82 Å². The lowest BCUT2D eigenvalue weighted by atomic mass is 10.1. The second kappa shape index (κ2) is 5.46. The smallest absolute Gasteiger partial charge is 0.154 e. The normalized spacial score (nSPS) is 22.5. The number of nitrogens with two attached hydrogens (primary N) is 1. The van der Waals surface area contributed by atoms with Crippen LogP contribution in [-0.4, -0.2) is 44.0 Å². The summed E-state index contributed by atoms with van der Waals surface area (Å²) >= 11 is 0. The molecule has 0 amide bonds. The lowest BCUT2D eigenvalue weighted by Crippen LogP contribution is -2.47. The predicted molar refractivity (Wildman–Crippen MR) is 77.2 cm³/mol. The molecule has 1 aromatic heterocycles. The first-order valence-corrected chi connectivity index (χ1v) is 8.38. The molecular formula is C13H21N3O2S. The van der Waals surface area contributed by atoms with Gasteiger partial charge in [-0.15, -0.1) is 0 Å². The molecule has 1 aromatic rings. The molecule has 1 atom stereocenters. The number of hydrogen-bond donors (Lipinski definition) is 1. The van der Waals surface area contributed by atoms with Crippen molar-refractivity contribution in [1.82, 2.24) is 4.98 Å². The summed E-state index contributed by atoms with van der Waals surface area (Å²) in [5.41, 5.74) is 7.75. The first-order valence-electron chi connectivity index (χ1n) is 6.55. The molecular weight excluding hydrogens is 262 g/mol. The monoisotopic (exact) mass is 283 g/mol. The molecule has 106 valence electrons. The number of rotatable bonds is 3. The molecule has 2 heterocycles. The number of hydrogen-bond acceptors (Lipinski definition) is 5. The number of nitrogens with zero attached hydrogens (tertiary/aromatic N) is 2. The summed E-state index contributed by atoms with van der Waals surface area (Å²) in [4.78, 5) is 6.58. The average molecular weight is 283 g/mol. The van der Waals surface area contributed by atoms with E-state index in [1.807, 2.05) is 20.0 Å². The topological polar surface area (TPSA) is 76.3 Å². The number of pyridine rings is 1. The number of aromatic nitrogens is 1. The Kier molecular flexibility index (Phi) is 4.10. The Morgan fingerprint density at radius 2 is 2.26 bits per heavy atom. The molecule has 0 aliphatic carbocycles. The van der Waals surface area contributed by atoms with E-state index in [4.69, 9.17) is 5.73 Å². The highest BCUT2D eigenvalue weighted by molar-refractivity contribution is 7.91. The predicted octanol–water partition coefficient (Wildman–Crippen LogP) is 0.515. The molecule has 6 heteroatoms. The zero-order valence-corrected chi connectivity index (χ0v) is 12.3. The number of aryl methyl sites for hydroxylation is 1. The van der Waals surface area contributed by atoms with Gasteiger partial charge in [0.05, 0.1) is 11.5 Å². The molecule has 0 aromatic carbocycles. The van der Waals surface area contributed by atoms with Gasteiger partial charge >= 0.3 is 0 Å². The highest BCUT2D eigenvalue weighted by atomic mass is 32.2. The van der Waals surface area contributed by atoms with Crippen molar-refractivity contribution in [2.45, 2.75) is 26.3 Å². The maximum atomic E-state index is 11.6. The summed E-state index contributed by atoms with van der Waals surface area (Å²) in [5, 5.41) is 0. The van der Waals surface area contributed by atoms with Crippen LogP contribution >= 0.6 is 0 Å². The summed E-state index contributed by atoms with van der Waals surface area (Å²) in [6.07, 6.45) is 2.66. The van der Waals surface area contributed by atoms with E-state index in [0.29, 0.717) is 13.1 Å². The van der Waals surface area contributed by atoms with E-state index in [0.717, 1.165) is 23.4 Å². The standard InChI is InChI=1S/C13H21N3O2S/c1-10-7-12(3-4-14)8-15-13(10)16-5-6-19(17,18)9-11(16)2/h7-8,11H,3-6,9,14H2,1-2H3. The van der Waals surface area contributed by atoms with E-state index in [1.165, 1.54) is 0 Å². The van der Waals surface area contributed by atoms with Gasteiger partial charge in [0.2, 0.25) is 0 Å². The lowest BCUT2D eigenvalue weighted by molar-refractivity contribution is 0.566. The van der Waals surface area contributed by atoms with Gasteiger partial charge in [0, 0.05) is 18.8 Å². The second-order valence-electron chi connectivity index (χ2n) is 5.18. The van der Waals surface area contributed by atoms with E-state index in [9.17, 15) is 8.42 Å². The summed E-state index contributed by atoms with van der Waals surface area (Å²) < 4.78 is 23.2. The number of sulfone groups is 1. The molecule has 1 fully saturated rings. The first kappa shape index (κ1) is 14.3. The average Bonchev–Trinajstić information content (AvgIpc) is 2.30. The van der Waals surface area contributed by atoms with E-state index in [1.54, 1.807) is 0 Å². The van der Waals surface area contributed by atoms with Crippen LogP contribution in [0.1, 0.15) is 18.1 Å². The fourth-order valence-electron chi connectivity index (χ4n) is 2.54. The van der Waals surface area contributed by atoms with E-state index < -0.39 is 9.84 Å². The van der Waals surface area contributed by atoms with Crippen LogP contribution in [0.25, 0.3) is 0 Å². The van der Waals surface area contributed by atoms with Crippen molar-refractivity contribution < 1.29 is 8.42 Å². The molecule has 2 rings (SSSR count). The third-order valence-electron chi connectivity index (χ3n) is 3.48. The molecule has 2 N–H and O–H groups in total. The van der Waals surface area contributed by atoms with Crippen LogP contribution in [0.2, 0.25) is 0 Å².